The lowest BCUT2D eigenvalue weighted by Gasteiger charge is -2.04. The van der Waals surface area contributed by atoms with Crippen LogP contribution in [0, 0.1) is 21.4 Å². The Labute approximate surface area is 122 Å². The number of halogens is 3. The average Bonchev–Trinajstić information content (AvgIpc) is 2.69. The van der Waals surface area contributed by atoms with Crippen molar-refractivity contribution in [1.82, 2.24) is 4.98 Å². The predicted molar refractivity (Wildman–Crippen MR) is 72.6 cm³/mol. The molecule has 0 aliphatic rings. The summed E-state index contributed by atoms with van der Waals surface area (Å²) < 4.78 is 0. The van der Waals surface area contributed by atoms with E-state index in [0.29, 0.717) is 0 Å². The van der Waals surface area contributed by atoms with Gasteiger partial charge in [0.2, 0.25) is 5.15 Å². The highest BCUT2D eigenvalue weighted by Gasteiger charge is 2.28. The SMILES string of the molecule is N#Cc1c(Cl)[nH]c([N+](=O)[O-])c1-c1cccc(Cl)c1Cl. The predicted octanol–water partition coefficient (Wildman–Crippen LogP) is 4.42. The second-order valence-electron chi connectivity index (χ2n) is 3.51. The van der Waals surface area contributed by atoms with Crippen molar-refractivity contribution in [1.29, 1.82) is 5.26 Å². The van der Waals surface area contributed by atoms with Gasteiger partial charge in [0.1, 0.15) is 11.6 Å². The third-order valence-electron chi connectivity index (χ3n) is 2.45. The summed E-state index contributed by atoms with van der Waals surface area (Å²) in [6, 6.07) is 6.46. The van der Waals surface area contributed by atoms with Crippen molar-refractivity contribution < 1.29 is 4.92 Å². The fourth-order valence-electron chi connectivity index (χ4n) is 1.66. The maximum Gasteiger partial charge on any atom is 0.331 e. The summed E-state index contributed by atoms with van der Waals surface area (Å²) in [7, 11) is 0. The number of hydrogen-bond donors (Lipinski definition) is 1. The van der Waals surface area contributed by atoms with Gasteiger partial charge in [0.15, 0.2) is 0 Å². The minimum absolute atomic E-state index is 0.0324. The number of nitro groups is 1. The largest absolute Gasteiger partial charge is 0.358 e. The molecule has 0 bridgehead atoms. The molecule has 5 nitrogen and oxygen atoms in total. The molecule has 0 aliphatic heterocycles. The van der Waals surface area contributed by atoms with E-state index >= 15 is 0 Å². The lowest BCUT2D eigenvalue weighted by atomic mass is 10.0. The quantitative estimate of drug-likeness (QED) is 0.657. The second-order valence-corrected chi connectivity index (χ2v) is 4.67. The second kappa shape index (κ2) is 5.10. The molecule has 0 amide bonds. The van der Waals surface area contributed by atoms with Crippen molar-refractivity contribution in [2.45, 2.75) is 0 Å². The van der Waals surface area contributed by atoms with Crippen molar-refractivity contribution in [3.63, 3.8) is 0 Å². The summed E-state index contributed by atoms with van der Waals surface area (Å²) >= 11 is 17.7. The molecule has 19 heavy (non-hydrogen) atoms. The molecule has 2 aromatic rings. The Hall–Kier alpha value is -1.74. The summed E-state index contributed by atoms with van der Waals surface area (Å²) in [6.45, 7) is 0. The van der Waals surface area contributed by atoms with Gasteiger partial charge in [-0.3, -0.25) is 0 Å². The van der Waals surface area contributed by atoms with Crippen molar-refractivity contribution >= 4 is 40.6 Å². The van der Waals surface area contributed by atoms with Gasteiger partial charge in [0, 0.05) is 5.56 Å². The van der Waals surface area contributed by atoms with E-state index in [0.717, 1.165) is 0 Å². The third-order valence-corrected chi connectivity index (χ3v) is 3.55. The minimum atomic E-state index is -0.667. The van der Waals surface area contributed by atoms with Crippen molar-refractivity contribution in [2.24, 2.45) is 0 Å². The van der Waals surface area contributed by atoms with Crippen LogP contribution in [0.15, 0.2) is 18.2 Å². The summed E-state index contributed by atoms with van der Waals surface area (Å²) in [6.07, 6.45) is 0. The maximum absolute atomic E-state index is 11.0. The fourth-order valence-corrected chi connectivity index (χ4v) is 2.28. The molecular formula is C11H4Cl3N3O2. The third kappa shape index (κ3) is 2.26. The van der Waals surface area contributed by atoms with Gasteiger partial charge in [-0.15, -0.1) is 0 Å². The number of nitrogens with one attached hydrogen (secondary N) is 1. The van der Waals surface area contributed by atoms with E-state index in [1.54, 1.807) is 12.1 Å². The lowest BCUT2D eigenvalue weighted by molar-refractivity contribution is -0.388. The minimum Gasteiger partial charge on any atom is -0.358 e. The Morgan fingerprint density at radius 2 is 2.00 bits per heavy atom. The van der Waals surface area contributed by atoms with E-state index in [1.165, 1.54) is 6.07 Å². The number of benzene rings is 1. The number of H-pyrrole nitrogens is 1. The summed E-state index contributed by atoms with van der Waals surface area (Å²) in [5.41, 5.74) is 0.267. The van der Waals surface area contributed by atoms with Gasteiger partial charge in [-0.05, 0) is 22.6 Å². The van der Waals surface area contributed by atoms with Crippen molar-refractivity contribution in [3.8, 4) is 17.2 Å². The number of rotatable bonds is 2. The summed E-state index contributed by atoms with van der Waals surface area (Å²) in [4.78, 5) is 12.7. The topological polar surface area (TPSA) is 82.7 Å². The van der Waals surface area contributed by atoms with Crippen LogP contribution in [0.25, 0.3) is 11.1 Å². The van der Waals surface area contributed by atoms with E-state index in [4.69, 9.17) is 40.1 Å². The molecular weight excluding hydrogens is 312 g/mol. The normalized spacial score (nSPS) is 10.2. The molecule has 0 atom stereocenters. The van der Waals surface area contributed by atoms with Crippen LogP contribution in [-0.2, 0) is 0 Å². The highest BCUT2D eigenvalue weighted by molar-refractivity contribution is 6.44. The van der Waals surface area contributed by atoms with Gasteiger partial charge in [-0.2, -0.15) is 5.26 Å². The fraction of sp³-hybridized carbons (Fsp3) is 0. The van der Waals surface area contributed by atoms with Crippen molar-refractivity contribution in [3.05, 3.63) is 49.1 Å². The van der Waals surface area contributed by atoms with E-state index in [-0.39, 0.29) is 31.9 Å². The van der Waals surface area contributed by atoms with E-state index in [1.807, 2.05) is 6.07 Å². The Morgan fingerprint density at radius 1 is 1.32 bits per heavy atom. The van der Waals surface area contributed by atoms with Crippen LogP contribution < -0.4 is 0 Å². The molecule has 0 spiro atoms. The molecule has 1 heterocycles. The van der Waals surface area contributed by atoms with Gasteiger partial charge in [0.05, 0.1) is 15.6 Å². The highest BCUT2D eigenvalue weighted by Crippen LogP contribution is 2.42. The number of nitrogens with zero attached hydrogens (tertiary/aromatic N) is 2. The van der Waals surface area contributed by atoms with E-state index in [9.17, 15) is 10.1 Å². The molecule has 0 unspecified atom stereocenters. The first kappa shape index (κ1) is 13.7. The van der Waals surface area contributed by atoms with Crippen LogP contribution >= 0.6 is 34.8 Å². The number of aromatic amines is 1. The van der Waals surface area contributed by atoms with Crippen LogP contribution in [0.5, 0.6) is 0 Å². The maximum atomic E-state index is 11.0. The zero-order valence-electron chi connectivity index (χ0n) is 9.08. The number of hydrogen-bond acceptors (Lipinski definition) is 3. The van der Waals surface area contributed by atoms with Crippen LogP contribution in [0.3, 0.4) is 0 Å². The molecule has 1 aromatic heterocycles. The molecule has 0 radical (unpaired) electrons. The summed E-state index contributed by atoms with van der Waals surface area (Å²) in [5.74, 6) is -0.397. The standard InChI is InChI=1S/C11H4Cl3N3O2/c12-7-3-1-2-5(9(7)13)8-6(4-15)10(14)16-11(8)17(18)19/h1-3,16H. The first-order valence-corrected chi connectivity index (χ1v) is 6.01. The Morgan fingerprint density at radius 3 is 2.58 bits per heavy atom. The number of aromatic nitrogens is 1. The lowest BCUT2D eigenvalue weighted by Crippen LogP contribution is -1.92. The molecule has 0 aliphatic carbocycles. The van der Waals surface area contributed by atoms with Crippen LogP contribution in [0.1, 0.15) is 5.56 Å². The first-order valence-electron chi connectivity index (χ1n) is 4.87. The monoisotopic (exact) mass is 315 g/mol. The highest BCUT2D eigenvalue weighted by atomic mass is 35.5. The molecule has 0 saturated carbocycles. The van der Waals surface area contributed by atoms with Gasteiger partial charge in [-0.25, -0.2) is 4.98 Å². The van der Waals surface area contributed by atoms with Gasteiger partial charge in [0.25, 0.3) is 0 Å². The molecule has 2 rings (SSSR count). The Balaban J connectivity index is 2.85. The first-order chi connectivity index (χ1) is 8.97. The molecule has 0 saturated heterocycles. The van der Waals surface area contributed by atoms with Crippen molar-refractivity contribution in [2.75, 3.05) is 0 Å². The molecule has 1 aromatic carbocycles. The zero-order valence-corrected chi connectivity index (χ0v) is 11.3. The van der Waals surface area contributed by atoms with E-state index < -0.39 is 10.7 Å². The molecule has 0 fully saturated rings. The molecule has 96 valence electrons. The van der Waals surface area contributed by atoms with E-state index in [2.05, 4.69) is 4.98 Å². The Bertz CT molecular complexity index is 719. The van der Waals surface area contributed by atoms with Gasteiger partial charge < -0.3 is 10.1 Å². The number of nitriles is 1. The van der Waals surface area contributed by atoms with Gasteiger partial charge in [-0.1, -0.05) is 35.3 Å². The molecule has 8 heteroatoms. The summed E-state index contributed by atoms with van der Waals surface area (Å²) in [5, 5.41) is 20.3. The van der Waals surface area contributed by atoms with Crippen LogP contribution in [0.4, 0.5) is 5.82 Å². The van der Waals surface area contributed by atoms with Crippen LogP contribution in [0.2, 0.25) is 15.2 Å². The zero-order chi connectivity index (χ0) is 14.2. The smallest absolute Gasteiger partial charge is 0.331 e. The van der Waals surface area contributed by atoms with Gasteiger partial charge >= 0.3 is 5.82 Å². The van der Waals surface area contributed by atoms with Crippen LogP contribution in [-0.4, -0.2) is 9.91 Å². The molecule has 1 N–H and O–H groups in total. The average molecular weight is 317 g/mol. The Kier molecular flexibility index (Phi) is 3.67.